The second kappa shape index (κ2) is 6.61. The summed E-state index contributed by atoms with van der Waals surface area (Å²) in [7, 11) is 0. The number of carbonyl (C=O) groups excluding carboxylic acids is 1. The Morgan fingerprint density at radius 2 is 2.05 bits per heavy atom. The van der Waals surface area contributed by atoms with Gasteiger partial charge in [0, 0.05) is 13.1 Å². The van der Waals surface area contributed by atoms with Gasteiger partial charge in [0.15, 0.2) is 0 Å². The monoisotopic (exact) mass is 290 g/mol. The van der Waals surface area contributed by atoms with Crippen molar-refractivity contribution in [1.29, 1.82) is 0 Å². The maximum atomic E-state index is 11.8. The number of hydrogen-bond donors (Lipinski definition) is 3. The van der Waals surface area contributed by atoms with Crippen LogP contribution in [0.1, 0.15) is 36.8 Å². The molecule has 0 heterocycles. The quantitative estimate of drug-likeness (QED) is 0.753. The number of carbonyl (C=O) groups is 2. The van der Waals surface area contributed by atoms with Crippen molar-refractivity contribution >= 4 is 12.0 Å². The summed E-state index contributed by atoms with van der Waals surface area (Å²) in [5.41, 5.74) is 1.96. The molecule has 1 aromatic carbocycles. The van der Waals surface area contributed by atoms with E-state index in [1.807, 2.05) is 31.2 Å². The predicted octanol–water partition coefficient (Wildman–Crippen LogP) is 2.44. The van der Waals surface area contributed by atoms with E-state index in [0.29, 0.717) is 13.1 Å². The van der Waals surface area contributed by atoms with Crippen molar-refractivity contribution in [1.82, 2.24) is 10.6 Å². The van der Waals surface area contributed by atoms with Crippen molar-refractivity contribution in [2.24, 2.45) is 5.41 Å². The van der Waals surface area contributed by atoms with E-state index in [4.69, 9.17) is 5.11 Å². The molecule has 0 radical (unpaired) electrons. The van der Waals surface area contributed by atoms with Crippen molar-refractivity contribution in [3.63, 3.8) is 0 Å². The highest BCUT2D eigenvalue weighted by Crippen LogP contribution is 2.43. The summed E-state index contributed by atoms with van der Waals surface area (Å²) in [6.45, 7) is 2.91. The van der Waals surface area contributed by atoms with E-state index in [1.54, 1.807) is 0 Å². The van der Waals surface area contributed by atoms with Crippen LogP contribution in [0.4, 0.5) is 4.79 Å². The van der Waals surface area contributed by atoms with Crippen LogP contribution < -0.4 is 10.6 Å². The van der Waals surface area contributed by atoms with Crippen LogP contribution in [0.25, 0.3) is 0 Å². The number of aryl methyl sites for hydroxylation is 1. The van der Waals surface area contributed by atoms with Crippen LogP contribution in [0.2, 0.25) is 0 Å². The van der Waals surface area contributed by atoms with Crippen LogP contribution in [0, 0.1) is 12.3 Å². The first-order valence-corrected chi connectivity index (χ1v) is 7.28. The largest absolute Gasteiger partial charge is 0.481 e. The van der Waals surface area contributed by atoms with Crippen molar-refractivity contribution in [2.75, 3.05) is 6.54 Å². The van der Waals surface area contributed by atoms with Gasteiger partial charge in [-0.1, -0.05) is 36.2 Å². The van der Waals surface area contributed by atoms with Crippen LogP contribution in [0.5, 0.6) is 0 Å². The van der Waals surface area contributed by atoms with Crippen molar-refractivity contribution < 1.29 is 14.7 Å². The minimum Gasteiger partial charge on any atom is -0.481 e. The third-order valence-corrected chi connectivity index (χ3v) is 4.10. The highest BCUT2D eigenvalue weighted by molar-refractivity contribution is 5.74. The van der Waals surface area contributed by atoms with Gasteiger partial charge in [-0.15, -0.1) is 0 Å². The molecule has 3 N–H and O–H groups in total. The molecule has 0 bridgehead atoms. The fraction of sp³-hybridized carbons (Fsp3) is 0.500. The summed E-state index contributed by atoms with van der Waals surface area (Å²) in [4.78, 5) is 22.7. The highest BCUT2D eigenvalue weighted by atomic mass is 16.4. The Kier molecular flexibility index (Phi) is 4.83. The number of benzene rings is 1. The first kappa shape index (κ1) is 15.4. The molecule has 2 rings (SSSR count). The molecule has 1 saturated carbocycles. The number of urea groups is 1. The summed E-state index contributed by atoms with van der Waals surface area (Å²) >= 11 is 0. The summed E-state index contributed by atoms with van der Waals surface area (Å²) in [6.07, 6.45) is 2.92. The Bertz CT molecular complexity index is 524. The number of carboxylic acids is 1. The zero-order valence-corrected chi connectivity index (χ0v) is 12.3. The van der Waals surface area contributed by atoms with Crippen LogP contribution in [-0.2, 0) is 11.3 Å². The molecular formula is C16H22N2O3. The van der Waals surface area contributed by atoms with Crippen molar-refractivity contribution in [3.05, 3.63) is 35.4 Å². The molecule has 21 heavy (non-hydrogen) atoms. The molecular weight excluding hydrogens is 268 g/mol. The summed E-state index contributed by atoms with van der Waals surface area (Å²) in [5, 5.41) is 14.5. The van der Waals surface area contributed by atoms with Gasteiger partial charge in [0.05, 0.1) is 6.42 Å². The van der Waals surface area contributed by atoms with E-state index < -0.39 is 5.97 Å². The number of hydrogen-bond acceptors (Lipinski definition) is 2. The molecule has 2 amide bonds. The van der Waals surface area contributed by atoms with Crippen LogP contribution >= 0.6 is 0 Å². The molecule has 0 aromatic heterocycles. The van der Waals surface area contributed by atoms with E-state index in [-0.39, 0.29) is 17.9 Å². The summed E-state index contributed by atoms with van der Waals surface area (Å²) in [5.74, 6) is -0.795. The summed E-state index contributed by atoms with van der Waals surface area (Å²) < 4.78 is 0. The van der Waals surface area contributed by atoms with Gasteiger partial charge in [0.1, 0.15) is 0 Å². The van der Waals surface area contributed by atoms with Gasteiger partial charge in [-0.3, -0.25) is 4.79 Å². The van der Waals surface area contributed by atoms with E-state index in [2.05, 4.69) is 10.6 Å². The van der Waals surface area contributed by atoms with Crippen LogP contribution in [0.3, 0.4) is 0 Å². The van der Waals surface area contributed by atoms with Gasteiger partial charge in [0.25, 0.3) is 0 Å². The number of amides is 2. The number of carboxylic acid groups (broad SMARTS) is 1. The second-order valence-corrected chi connectivity index (χ2v) is 5.95. The van der Waals surface area contributed by atoms with Gasteiger partial charge in [-0.25, -0.2) is 4.79 Å². The lowest BCUT2D eigenvalue weighted by atomic mass is 9.66. The SMILES string of the molecule is Cc1cccc(CNC(=O)NCC2(CC(=O)O)CCC2)c1. The number of aliphatic carboxylic acids is 1. The molecule has 0 aliphatic heterocycles. The maximum Gasteiger partial charge on any atom is 0.315 e. The van der Waals surface area contributed by atoms with Gasteiger partial charge in [-0.2, -0.15) is 0 Å². The van der Waals surface area contributed by atoms with Crippen molar-refractivity contribution in [2.45, 2.75) is 39.2 Å². The Labute approximate surface area is 124 Å². The van der Waals surface area contributed by atoms with E-state index in [1.165, 1.54) is 0 Å². The molecule has 5 nitrogen and oxygen atoms in total. The Morgan fingerprint density at radius 1 is 1.29 bits per heavy atom. The lowest BCUT2D eigenvalue weighted by molar-refractivity contribution is -0.141. The molecule has 1 aliphatic rings. The minimum atomic E-state index is -0.795. The van der Waals surface area contributed by atoms with Gasteiger partial charge in [-0.05, 0) is 30.7 Å². The highest BCUT2D eigenvalue weighted by Gasteiger charge is 2.39. The molecule has 0 spiro atoms. The van der Waals surface area contributed by atoms with Crippen LogP contribution in [0.15, 0.2) is 24.3 Å². The smallest absolute Gasteiger partial charge is 0.315 e. The third kappa shape index (κ3) is 4.48. The van der Waals surface area contributed by atoms with Crippen molar-refractivity contribution in [3.8, 4) is 0 Å². The Morgan fingerprint density at radius 3 is 2.62 bits per heavy atom. The molecule has 0 saturated heterocycles. The topological polar surface area (TPSA) is 78.4 Å². The predicted molar refractivity (Wildman–Crippen MR) is 80.0 cm³/mol. The lowest BCUT2D eigenvalue weighted by Crippen LogP contribution is -2.46. The molecule has 1 aliphatic carbocycles. The average molecular weight is 290 g/mol. The third-order valence-electron chi connectivity index (χ3n) is 4.10. The van der Waals surface area contributed by atoms with Gasteiger partial charge >= 0.3 is 12.0 Å². The lowest BCUT2D eigenvalue weighted by Gasteiger charge is -2.40. The fourth-order valence-corrected chi connectivity index (χ4v) is 2.75. The fourth-order valence-electron chi connectivity index (χ4n) is 2.75. The number of rotatable bonds is 6. The Balaban J connectivity index is 1.76. The molecule has 5 heteroatoms. The normalized spacial score (nSPS) is 15.9. The van der Waals surface area contributed by atoms with E-state index in [9.17, 15) is 9.59 Å². The van der Waals surface area contributed by atoms with Gasteiger partial charge < -0.3 is 15.7 Å². The number of nitrogens with one attached hydrogen (secondary N) is 2. The first-order valence-electron chi connectivity index (χ1n) is 7.28. The summed E-state index contributed by atoms with van der Waals surface area (Å²) in [6, 6.07) is 7.72. The van der Waals surface area contributed by atoms with E-state index in [0.717, 1.165) is 30.4 Å². The maximum absolute atomic E-state index is 11.8. The molecule has 1 fully saturated rings. The standard InChI is InChI=1S/C16H22N2O3/c1-12-4-2-5-13(8-12)10-17-15(21)18-11-16(6-3-7-16)9-14(19)20/h2,4-5,8H,3,6-7,9-11H2,1H3,(H,19,20)(H2,17,18,21). The first-order chi connectivity index (χ1) is 9.99. The zero-order chi connectivity index (χ0) is 15.3. The molecule has 0 unspecified atom stereocenters. The molecule has 114 valence electrons. The average Bonchev–Trinajstić information content (AvgIpc) is 2.39. The molecule has 1 aromatic rings. The van der Waals surface area contributed by atoms with Crippen LogP contribution in [-0.4, -0.2) is 23.7 Å². The van der Waals surface area contributed by atoms with Gasteiger partial charge in [0.2, 0.25) is 0 Å². The minimum absolute atomic E-state index is 0.130. The zero-order valence-electron chi connectivity index (χ0n) is 12.3. The Hall–Kier alpha value is -2.04. The van der Waals surface area contributed by atoms with E-state index >= 15 is 0 Å². The molecule has 0 atom stereocenters. The second-order valence-electron chi connectivity index (χ2n) is 5.95.